The summed E-state index contributed by atoms with van der Waals surface area (Å²) in [6.07, 6.45) is 7.07. The molecule has 0 saturated heterocycles. The Bertz CT molecular complexity index is 883. The monoisotopic (exact) mass is 425 g/mol. The van der Waals surface area contributed by atoms with E-state index in [0.29, 0.717) is 11.8 Å². The van der Waals surface area contributed by atoms with Crippen molar-refractivity contribution in [1.82, 2.24) is 0 Å². The van der Waals surface area contributed by atoms with Crippen molar-refractivity contribution in [1.29, 1.82) is 0 Å². The van der Waals surface area contributed by atoms with E-state index in [1.54, 1.807) is 5.92 Å². The van der Waals surface area contributed by atoms with E-state index < -0.39 is 0 Å². The third-order valence-corrected chi connectivity index (χ3v) is 7.67. The summed E-state index contributed by atoms with van der Waals surface area (Å²) in [5, 5.41) is 0. The summed E-state index contributed by atoms with van der Waals surface area (Å²) >= 11 is 0. The molecule has 0 saturated carbocycles. The van der Waals surface area contributed by atoms with E-state index in [4.69, 9.17) is 0 Å². The average Bonchev–Trinajstić information content (AvgIpc) is 2.84. The van der Waals surface area contributed by atoms with Crippen molar-refractivity contribution in [3.63, 3.8) is 0 Å². The van der Waals surface area contributed by atoms with Gasteiger partial charge in [-0.1, -0.05) is 125 Å². The van der Waals surface area contributed by atoms with Crippen molar-refractivity contribution < 1.29 is 0 Å². The molecule has 0 aliphatic rings. The van der Waals surface area contributed by atoms with Gasteiger partial charge >= 0.3 is 0 Å². The molecule has 3 atom stereocenters. The first-order valence-corrected chi connectivity index (χ1v) is 12.5. The summed E-state index contributed by atoms with van der Waals surface area (Å²) in [6, 6.07) is 33.1. The molecule has 169 valence electrons. The van der Waals surface area contributed by atoms with E-state index in [0.717, 1.165) is 19.3 Å². The fourth-order valence-electron chi connectivity index (χ4n) is 5.16. The highest BCUT2D eigenvalue weighted by molar-refractivity contribution is 5.22. The second-order valence-electron chi connectivity index (χ2n) is 9.91. The molecule has 0 fully saturated rings. The molecule has 32 heavy (non-hydrogen) atoms. The lowest BCUT2D eigenvalue weighted by Crippen LogP contribution is -2.35. The zero-order valence-corrected chi connectivity index (χ0v) is 20.6. The molecule has 0 spiro atoms. The smallest absolute Gasteiger partial charge is 0.0176 e. The largest absolute Gasteiger partial charge is 0.0651 e. The van der Waals surface area contributed by atoms with E-state index in [1.807, 2.05) is 0 Å². The van der Waals surface area contributed by atoms with Crippen LogP contribution in [-0.2, 0) is 19.3 Å². The molecular weight excluding hydrogens is 384 g/mol. The summed E-state index contributed by atoms with van der Waals surface area (Å²) in [6.45, 7) is 9.80. The van der Waals surface area contributed by atoms with Gasteiger partial charge in [0.25, 0.3) is 0 Å². The molecule has 0 amide bonds. The van der Waals surface area contributed by atoms with Crippen molar-refractivity contribution in [3.8, 4) is 0 Å². The van der Waals surface area contributed by atoms with Crippen LogP contribution in [0.5, 0.6) is 0 Å². The first kappa shape index (κ1) is 24.3. The van der Waals surface area contributed by atoms with Crippen LogP contribution in [0.2, 0.25) is 0 Å². The third kappa shape index (κ3) is 6.83. The maximum Gasteiger partial charge on any atom is -0.0176 e. The Morgan fingerprint density at radius 1 is 0.719 bits per heavy atom. The first-order valence-electron chi connectivity index (χ1n) is 12.5. The van der Waals surface area contributed by atoms with Gasteiger partial charge in [-0.15, -0.1) is 0 Å². The third-order valence-electron chi connectivity index (χ3n) is 7.67. The summed E-state index contributed by atoms with van der Waals surface area (Å²) in [5.41, 5.74) is 4.54. The Hall–Kier alpha value is -2.34. The van der Waals surface area contributed by atoms with Crippen molar-refractivity contribution in [2.24, 2.45) is 17.3 Å². The van der Waals surface area contributed by atoms with Gasteiger partial charge in [0.1, 0.15) is 0 Å². The standard InChI is InChI=1S/C32H41/c1-5-26(2)31(22-21-28-15-9-6-10-16-28)27(3)32(4,25-30-19-13-8-14-20-30)24-23-29-17-11-7-12-18-29/h6-20,26,31H,5,21-25H2,1-4H3. The van der Waals surface area contributed by atoms with Crippen LogP contribution >= 0.6 is 0 Å². The fraction of sp³-hybridized carbons (Fsp3) is 0.406. The molecule has 0 heteroatoms. The summed E-state index contributed by atoms with van der Waals surface area (Å²) in [5.74, 6) is 3.04. The van der Waals surface area contributed by atoms with Crippen LogP contribution in [0, 0.1) is 23.2 Å². The Kier molecular flexibility index (Phi) is 9.15. The van der Waals surface area contributed by atoms with Gasteiger partial charge < -0.3 is 0 Å². The second-order valence-corrected chi connectivity index (χ2v) is 9.91. The molecule has 0 aliphatic heterocycles. The van der Waals surface area contributed by atoms with Gasteiger partial charge in [0.2, 0.25) is 0 Å². The van der Waals surface area contributed by atoms with E-state index >= 15 is 0 Å². The van der Waals surface area contributed by atoms with Crippen molar-refractivity contribution in [3.05, 3.63) is 114 Å². The molecule has 3 rings (SSSR count). The van der Waals surface area contributed by atoms with E-state index in [2.05, 4.69) is 119 Å². The van der Waals surface area contributed by atoms with Gasteiger partial charge in [0.15, 0.2) is 0 Å². The molecule has 0 nitrogen and oxygen atoms in total. The minimum Gasteiger partial charge on any atom is -0.0651 e. The topological polar surface area (TPSA) is 0 Å². The summed E-state index contributed by atoms with van der Waals surface area (Å²) in [7, 11) is 0. The van der Waals surface area contributed by atoms with Gasteiger partial charge in [0.05, 0.1) is 0 Å². The highest BCUT2D eigenvalue weighted by Gasteiger charge is 2.38. The predicted octanol–water partition coefficient (Wildman–Crippen LogP) is 8.76. The van der Waals surface area contributed by atoms with Gasteiger partial charge in [-0.25, -0.2) is 0 Å². The lowest BCUT2D eigenvalue weighted by molar-refractivity contribution is 0.213. The SMILES string of the molecule is CCC(C)C(CCc1ccccc1)[C](C)C(C)(CCc1ccccc1)Cc1ccccc1. The predicted molar refractivity (Wildman–Crippen MR) is 140 cm³/mol. The van der Waals surface area contributed by atoms with Crippen LogP contribution in [0.3, 0.4) is 0 Å². The molecule has 3 unspecified atom stereocenters. The summed E-state index contributed by atoms with van der Waals surface area (Å²) < 4.78 is 0. The second kappa shape index (κ2) is 12.0. The molecule has 0 N–H and O–H groups in total. The lowest BCUT2D eigenvalue weighted by atomic mass is 9.62. The van der Waals surface area contributed by atoms with Gasteiger partial charge in [-0.2, -0.15) is 0 Å². The number of rotatable bonds is 12. The Labute approximate surface area is 197 Å². The normalized spacial score (nSPS) is 15.3. The first-order chi connectivity index (χ1) is 15.5. The van der Waals surface area contributed by atoms with Gasteiger partial charge in [0, 0.05) is 0 Å². The van der Waals surface area contributed by atoms with Crippen LogP contribution in [0.1, 0.15) is 63.6 Å². The highest BCUT2D eigenvalue weighted by atomic mass is 14.4. The minimum absolute atomic E-state index is 0.183. The molecule has 0 heterocycles. The van der Waals surface area contributed by atoms with Crippen LogP contribution < -0.4 is 0 Å². The molecule has 3 aromatic carbocycles. The Balaban J connectivity index is 1.82. The van der Waals surface area contributed by atoms with Crippen LogP contribution in [-0.4, -0.2) is 0 Å². The van der Waals surface area contributed by atoms with E-state index in [9.17, 15) is 0 Å². The number of benzene rings is 3. The van der Waals surface area contributed by atoms with Gasteiger partial charge in [-0.05, 0) is 72.0 Å². The van der Waals surface area contributed by atoms with E-state index in [1.165, 1.54) is 36.0 Å². The van der Waals surface area contributed by atoms with Crippen molar-refractivity contribution >= 4 is 0 Å². The molecule has 1 radical (unpaired) electrons. The summed E-state index contributed by atoms with van der Waals surface area (Å²) in [4.78, 5) is 0. The molecule has 0 bridgehead atoms. The van der Waals surface area contributed by atoms with E-state index in [-0.39, 0.29) is 5.41 Å². The molecular formula is C32H41. The van der Waals surface area contributed by atoms with Gasteiger partial charge in [-0.3, -0.25) is 0 Å². The van der Waals surface area contributed by atoms with Crippen molar-refractivity contribution in [2.45, 2.75) is 66.2 Å². The molecule has 3 aromatic rings. The number of hydrogen-bond donors (Lipinski definition) is 0. The Morgan fingerprint density at radius 3 is 1.69 bits per heavy atom. The molecule has 0 aliphatic carbocycles. The number of aryl methyl sites for hydroxylation is 2. The quantitative estimate of drug-likeness (QED) is 0.272. The zero-order chi connectivity index (χ0) is 22.8. The number of hydrogen-bond acceptors (Lipinski definition) is 0. The maximum absolute atomic E-state index is 2.52. The average molecular weight is 426 g/mol. The zero-order valence-electron chi connectivity index (χ0n) is 20.6. The molecule has 0 aromatic heterocycles. The Morgan fingerprint density at radius 2 is 1.19 bits per heavy atom. The maximum atomic E-state index is 2.52. The van der Waals surface area contributed by atoms with Crippen LogP contribution in [0.4, 0.5) is 0 Å². The van der Waals surface area contributed by atoms with Crippen LogP contribution in [0.15, 0.2) is 91.0 Å². The fourth-order valence-corrected chi connectivity index (χ4v) is 5.16. The van der Waals surface area contributed by atoms with Crippen molar-refractivity contribution in [2.75, 3.05) is 0 Å². The minimum atomic E-state index is 0.183. The highest BCUT2D eigenvalue weighted by Crippen LogP contribution is 2.46. The lowest BCUT2D eigenvalue weighted by Gasteiger charge is -2.43. The van der Waals surface area contributed by atoms with Crippen LogP contribution in [0.25, 0.3) is 0 Å².